The molecule has 0 radical (unpaired) electrons. The second-order valence-corrected chi connectivity index (χ2v) is 6.91. The second kappa shape index (κ2) is 8.15. The summed E-state index contributed by atoms with van der Waals surface area (Å²) in [6.07, 6.45) is 1.03. The summed E-state index contributed by atoms with van der Waals surface area (Å²) >= 11 is 0. The third-order valence-electron chi connectivity index (χ3n) is 5.03. The van der Waals surface area contributed by atoms with Crippen molar-refractivity contribution in [3.8, 4) is 6.07 Å². The van der Waals surface area contributed by atoms with Gasteiger partial charge in [-0.1, -0.05) is 18.2 Å². The molecule has 3 rings (SSSR count). The number of aryl methyl sites for hydroxylation is 1. The van der Waals surface area contributed by atoms with Crippen LogP contribution in [0, 0.1) is 25.2 Å². The molecule has 2 N–H and O–H groups in total. The molecule has 0 unspecified atom stereocenters. The van der Waals surface area contributed by atoms with Crippen molar-refractivity contribution in [3.05, 3.63) is 68.8 Å². The van der Waals surface area contributed by atoms with Crippen LogP contribution in [0.4, 0.5) is 0 Å². The van der Waals surface area contributed by atoms with Gasteiger partial charge in [-0.2, -0.15) is 5.26 Å². The molecule has 0 saturated carbocycles. The first-order valence-electron chi connectivity index (χ1n) is 9.25. The fraction of sp³-hybridized carbons (Fsp3) is 0.273. The molecule has 0 bridgehead atoms. The second-order valence-electron chi connectivity index (χ2n) is 6.91. The number of nitriles is 1. The normalized spacial score (nSPS) is 11.8. The molecule has 148 valence electrons. The number of benzene rings is 1. The number of rotatable bonds is 6. The first kappa shape index (κ1) is 20.1. The van der Waals surface area contributed by atoms with Crippen molar-refractivity contribution in [2.75, 3.05) is 0 Å². The molecule has 2 aromatic heterocycles. The minimum Gasteiger partial charge on any atom is -0.454 e. The quantitative estimate of drug-likeness (QED) is 0.495. The zero-order valence-corrected chi connectivity index (χ0v) is 16.5. The fourth-order valence-electron chi connectivity index (χ4n) is 3.45. The minimum atomic E-state index is -0.922. The van der Waals surface area contributed by atoms with E-state index in [0.717, 1.165) is 16.5 Å². The molecule has 0 amide bonds. The molecule has 1 atom stereocenters. The molecule has 0 aliphatic heterocycles. The lowest BCUT2D eigenvalue weighted by Crippen LogP contribution is -2.24. The molecule has 7 heteroatoms. The van der Waals surface area contributed by atoms with E-state index >= 15 is 0 Å². The number of H-pyrrole nitrogens is 2. The number of nitrogens with zero attached hydrogens (tertiary/aromatic N) is 1. The standard InChI is InChI=1S/C22H21N3O4/c1-12-15(13(2)25-22(28)17(12)10-23)8-9-20(26)29-14(3)21(27)18-11-24-19-7-5-4-6-16(18)19/h4-7,11,14,24H,8-9H2,1-3H3,(H,25,28)/t14-/m1/s1. The smallest absolute Gasteiger partial charge is 0.306 e. The number of aromatic nitrogens is 2. The lowest BCUT2D eigenvalue weighted by molar-refractivity contribution is -0.146. The molecule has 2 heterocycles. The van der Waals surface area contributed by atoms with Gasteiger partial charge in [-0.25, -0.2) is 0 Å². The van der Waals surface area contributed by atoms with Crippen LogP contribution in [-0.2, 0) is 16.0 Å². The van der Waals surface area contributed by atoms with Crippen LogP contribution in [0.5, 0.6) is 0 Å². The third kappa shape index (κ3) is 3.97. The van der Waals surface area contributed by atoms with Gasteiger partial charge in [0, 0.05) is 34.8 Å². The van der Waals surface area contributed by atoms with E-state index in [1.165, 1.54) is 0 Å². The number of Topliss-reactive ketones (excluding diaryl/α,β-unsaturated/α-hetero) is 1. The summed E-state index contributed by atoms with van der Waals surface area (Å²) in [5.74, 6) is -0.798. The molecule has 7 nitrogen and oxygen atoms in total. The lowest BCUT2D eigenvalue weighted by atomic mass is 9.99. The van der Waals surface area contributed by atoms with Crippen LogP contribution < -0.4 is 5.56 Å². The number of carbonyl (C=O) groups excluding carboxylic acids is 2. The number of hydrogen-bond acceptors (Lipinski definition) is 5. The number of esters is 1. The number of pyridine rings is 1. The predicted molar refractivity (Wildman–Crippen MR) is 108 cm³/mol. The average molecular weight is 391 g/mol. The van der Waals surface area contributed by atoms with Crippen LogP contribution in [-0.4, -0.2) is 27.8 Å². The van der Waals surface area contributed by atoms with E-state index in [1.807, 2.05) is 30.3 Å². The zero-order valence-electron chi connectivity index (χ0n) is 16.5. The Bertz CT molecular complexity index is 1200. The minimum absolute atomic E-state index is 0.0318. The fourth-order valence-corrected chi connectivity index (χ4v) is 3.45. The average Bonchev–Trinajstić information content (AvgIpc) is 3.11. The summed E-state index contributed by atoms with van der Waals surface area (Å²) in [5, 5.41) is 9.92. The van der Waals surface area contributed by atoms with E-state index < -0.39 is 17.6 Å². The van der Waals surface area contributed by atoms with Crippen molar-refractivity contribution < 1.29 is 14.3 Å². The van der Waals surface area contributed by atoms with Crippen molar-refractivity contribution in [1.29, 1.82) is 5.26 Å². The number of fused-ring (bicyclic) bond motifs is 1. The Morgan fingerprint density at radius 2 is 1.97 bits per heavy atom. The maximum Gasteiger partial charge on any atom is 0.306 e. The van der Waals surface area contributed by atoms with E-state index in [2.05, 4.69) is 9.97 Å². The highest BCUT2D eigenvalue weighted by molar-refractivity contribution is 6.10. The summed E-state index contributed by atoms with van der Waals surface area (Å²) in [7, 11) is 0. The number of nitrogens with one attached hydrogen (secondary N) is 2. The Morgan fingerprint density at radius 1 is 1.24 bits per heavy atom. The molecule has 0 aliphatic rings. The SMILES string of the molecule is Cc1[nH]c(=O)c(C#N)c(C)c1CCC(=O)O[C@H](C)C(=O)c1c[nH]c2ccccc12. The van der Waals surface area contributed by atoms with Crippen molar-refractivity contribution in [3.63, 3.8) is 0 Å². The zero-order chi connectivity index (χ0) is 21.1. The van der Waals surface area contributed by atoms with E-state index in [0.29, 0.717) is 23.2 Å². The monoisotopic (exact) mass is 391 g/mol. The van der Waals surface area contributed by atoms with Gasteiger partial charge < -0.3 is 14.7 Å². The molecule has 0 fully saturated rings. The number of ketones is 1. The van der Waals surface area contributed by atoms with Crippen molar-refractivity contribution >= 4 is 22.7 Å². The summed E-state index contributed by atoms with van der Waals surface area (Å²) in [5.41, 5.74) is 2.83. The summed E-state index contributed by atoms with van der Waals surface area (Å²) in [6.45, 7) is 4.95. The van der Waals surface area contributed by atoms with Gasteiger partial charge in [0.15, 0.2) is 6.10 Å². The first-order valence-corrected chi connectivity index (χ1v) is 9.25. The van der Waals surface area contributed by atoms with Crippen LogP contribution >= 0.6 is 0 Å². The van der Waals surface area contributed by atoms with Crippen molar-refractivity contribution in [1.82, 2.24) is 9.97 Å². The van der Waals surface area contributed by atoms with Gasteiger partial charge in [0.25, 0.3) is 5.56 Å². The van der Waals surface area contributed by atoms with E-state index in [-0.39, 0.29) is 17.8 Å². The van der Waals surface area contributed by atoms with Gasteiger partial charge in [-0.3, -0.25) is 14.4 Å². The number of aromatic amines is 2. The van der Waals surface area contributed by atoms with Crippen LogP contribution in [0.1, 0.15) is 46.1 Å². The largest absolute Gasteiger partial charge is 0.454 e. The van der Waals surface area contributed by atoms with Crippen LogP contribution in [0.25, 0.3) is 10.9 Å². The maximum absolute atomic E-state index is 12.7. The Labute approximate surface area is 167 Å². The van der Waals surface area contributed by atoms with Gasteiger partial charge in [-0.15, -0.1) is 0 Å². The molecule has 1 aromatic carbocycles. The van der Waals surface area contributed by atoms with Crippen LogP contribution in [0.3, 0.4) is 0 Å². The first-order chi connectivity index (χ1) is 13.8. The topological polar surface area (TPSA) is 116 Å². The van der Waals surface area contributed by atoms with Crippen molar-refractivity contribution in [2.24, 2.45) is 0 Å². The number of carbonyl (C=O) groups is 2. The Hall–Kier alpha value is -3.66. The van der Waals surface area contributed by atoms with Crippen LogP contribution in [0.2, 0.25) is 0 Å². The van der Waals surface area contributed by atoms with Crippen LogP contribution in [0.15, 0.2) is 35.3 Å². The lowest BCUT2D eigenvalue weighted by Gasteiger charge is -2.13. The predicted octanol–water partition coefficient (Wildman–Crippen LogP) is 3.09. The highest BCUT2D eigenvalue weighted by Crippen LogP contribution is 2.20. The molecular formula is C22H21N3O4. The Morgan fingerprint density at radius 3 is 2.69 bits per heavy atom. The highest BCUT2D eigenvalue weighted by atomic mass is 16.5. The van der Waals surface area contributed by atoms with E-state index in [1.54, 1.807) is 27.0 Å². The molecule has 29 heavy (non-hydrogen) atoms. The Balaban J connectivity index is 1.68. The van der Waals surface area contributed by atoms with Gasteiger partial charge in [0.05, 0.1) is 0 Å². The molecule has 3 aromatic rings. The number of ether oxygens (including phenoxy) is 1. The number of para-hydroxylation sites is 1. The molecular weight excluding hydrogens is 370 g/mol. The van der Waals surface area contributed by atoms with E-state index in [9.17, 15) is 14.4 Å². The van der Waals surface area contributed by atoms with Gasteiger partial charge in [0.2, 0.25) is 5.78 Å². The molecule has 0 saturated heterocycles. The van der Waals surface area contributed by atoms with Crippen molar-refractivity contribution in [2.45, 2.75) is 39.7 Å². The Kier molecular flexibility index (Phi) is 5.64. The molecule has 0 aliphatic carbocycles. The molecule has 0 spiro atoms. The maximum atomic E-state index is 12.7. The summed E-state index contributed by atoms with van der Waals surface area (Å²) < 4.78 is 5.33. The number of hydrogen-bond donors (Lipinski definition) is 2. The summed E-state index contributed by atoms with van der Waals surface area (Å²) in [6, 6.07) is 9.30. The van der Waals surface area contributed by atoms with E-state index in [4.69, 9.17) is 10.00 Å². The summed E-state index contributed by atoms with van der Waals surface area (Å²) in [4.78, 5) is 42.4. The third-order valence-corrected chi connectivity index (χ3v) is 5.03. The highest BCUT2D eigenvalue weighted by Gasteiger charge is 2.22. The van der Waals surface area contributed by atoms with Gasteiger partial charge in [0.1, 0.15) is 11.6 Å². The van der Waals surface area contributed by atoms with Gasteiger partial charge in [-0.05, 0) is 44.4 Å². The van der Waals surface area contributed by atoms with Gasteiger partial charge >= 0.3 is 5.97 Å².